The van der Waals surface area contributed by atoms with Crippen LogP contribution >= 0.6 is 0 Å². The normalized spacial score (nSPS) is 17.8. The third-order valence-electron chi connectivity index (χ3n) is 2.26. The standard InChI is InChI=1S/C12H19NO2/c1-2-3-4-5-6-7-12(14)13-8-10-15-11-9-13/h4-7H,2-3,8-11H2,1H3/b5-4+,7-6+. The minimum Gasteiger partial charge on any atom is -0.378 e. The van der Waals surface area contributed by atoms with Gasteiger partial charge >= 0.3 is 0 Å². The molecule has 1 aliphatic heterocycles. The lowest BCUT2D eigenvalue weighted by Gasteiger charge is -2.25. The summed E-state index contributed by atoms with van der Waals surface area (Å²) in [5, 5.41) is 0. The van der Waals surface area contributed by atoms with Gasteiger partial charge in [0.25, 0.3) is 0 Å². The van der Waals surface area contributed by atoms with Crippen LogP contribution in [0.15, 0.2) is 24.3 Å². The first-order chi connectivity index (χ1) is 7.34. The molecule has 0 radical (unpaired) electrons. The second-order valence-corrected chi connectivity index (χ2v) is 3.51. The molecule has 1 saturated heterocycles. The van der Waals surface area contributed by atoms with Gasteiger partial charge in [0.05, 0.1) is 13.2 Å². The highest BCUT2D eigenvalue weighted by molar-refractivity contribution is 5.87. The van der Waals surface area contributed by atoms with E-state index in [9.17, 15) is 4.79 Å². The summed E-state index contributed by atoms with van der Waals surface area (Å²) >= 11 is 0. The van der Waals surface area contributed by atoms with Crippen LogP contribution in [-0.4, -0.2) is 37.1 Å². The van der Waals surface area contributed by atoms with Crippen molar-refractivity contribution >= 4 is 5.91 Å². The van der Waals surface area contributed by atoms with Crippen molar-refractivity contribution in [1.82, 2.24) is 4.90 Å². The van der Waals surface area contributed by atoms with E-state index in [2.05, 4.69) is 13.0 Å². The summed E-state index contributed by atoms with van der Waals surface area (Å²) in [7, 11) is 0. The van der Waals surface area contributed by atoms with Crippen molar-refractivity contribution in [3.05, 3.63) is 24.3 Å². The maximum atomic E-state index is 11.6. The van der Waals surface area contributed by atoms with E-state index in [1.807, 2.05) is 17.1 Å². The molecule has 0 aromatic carbocycles. The monoisotopic (exact) mass is 209 g/mol. The molecule has 1 rings (SSSR count). The molecule has 84 valence electrons. The van der Waals surface area contributed by atoms with E-state index in [0.717, 1.165) is 12.8 Å². The Kier molecular flexibility index (Phi) is 5.78. The summed E-state index contributed by atoms with van der Waals surface area (Å²) in [6.07, 6.45) is 9.65. The van der Waals surface area contributed by atoms with Gasteiger partial charge in [0.1, 0.15) is 0 Å². The van der Waals surface area contributed by atoms with E-state index in [0.29, 0.717) is 26.3 Å². The minimum absolute atomic E-state index is 0.0828. The van der Waals surface area contributed by atoms with Gasteiger partial charge in [-0.3, -0.25) is 4.79 Å². The zero-order chi connectivity index (χ0) is 10.9. The molecule has 0 aromatic rings. The Balaban J connectivity index is 2.27. The molecule has 0 saturated carbocycles. The van der Waals surface area contributed by atoms with Gasteiger partial charge in [0.15, 0.2) is 0 Å². The number of rotatable bonds is 4. The van der Waals surface area contributed by atoms with Crippen LogP contribution in [-0.2, 0) is 9.53 Å². The average Bonchev–Trinajstić information content (AvgIpc) is 2.30. The van der Waals surface area contributed by atoms with Crippen molar-refractivity contribution in [2.75, 3.05) is 26.3 Å². The molecule has 0 N–H and O–H groups in total. The molecule has 1 amide bonds. The number of ether oxygens (including phenoxy) is 1. The van der Waals surface area contributed by atoms with Crippen LogP contribution < -0.4 is 0 Å². The first kappa shape index (κ1) is 12.0. The summed E-state index contributed by atoms with van der Waals surface area (Å²) in [4.78, 5) is 13.4. The van der Waals surface area contributed by atoms with E-state index in [4.69, 9.17) is 4.74 Å². The highest BCUT2D eigenvalue weighted by atomic mass is 16.5. The van der Waals surface area contributed by atoms with Crippen molar-refractivity contribution in [2.24, 2.45) is 0 Å². The fraction of sp³-hybridized carbons (Fsp3) is 0.583. The number of nitrogens with zero attached hydrogens (tertiary/aromatic N) is 1. The molecule has 0 spiro atoms. The van der Waals surface area contributed by atoms with Crippen molar-refractivity contribution in [3.63, 3.8) is 0 Å². The first-order valence-electron chi connectivity index (χ1n) is 5.54. The van der Waals surface area contributed by atoms with Crippen molar-refractivity contribution in [3.8, 4) is 0 Å². The highest BCUT2D eigenvalue weighted by Gasteiger charge is 2.13. The van der Waals surface area contributed by atoms with Crippen LogP contribution in [0.2, 0.25) is 0 Å². The average molecular weight is 209 g/mol. The van der Waals surface area contributed by atoms with E-state index in [1.54, 1.807) is 6.08 Å². The van der Waals surface area contributed by atoms with E-state index < -0.39 is 0 Å². The zero-order valence-electron chi connectivity index (χ0n) is 9.32. The van der Waals surface area contributed by atoms with E-state index >= 15 is 0 Å². The quantitative estimate of drug-likeness (QED) is 0.521. The summed E-state index contributed by atoms with van der Waals surface area (Å²) in [5.74, 6) is 0.0828. The fourth-order valence-electron chi connectivity index (χ4n) is 1.37. The smallest absolute Gasteiger partial charge is 0.246 e. The Morgan fingerprint density at radius 1 is 1.33 bits per heavy atom. The number of carbonyl (C=O) groups is 1. The predicted octanol–water partition coefficient (Wildman–Crippen LogP) is 1.76. The largest absolute Gasteiger partial charge is 0.378 e. The van der Waals surface area contributed by atoms with Gasteiger partial charge in [-0.15, -0.1) is 0 Å². The third kappa shape index (κ3) is 4.79. The number of carbonyl (C=O) groups excluding carboxylic acids is 1. The molecule has 0 atom stereocenters. The molecule has 0 unspecified atom stereocenters. The lowest BCUT2D eigenvalue weighted by atomic mass is 10.3. The lowest BCUT2D eigenvalue weighted by molar-refractivity contribution is -0.129. The van der Waals surface area contributed by atoms with Gasteiger partial charge in [-0.1, -0.05) is 31.6 Å². The molecule has 15 heavy (non-hydrogen) atoms. The molecule has 3 heteroatoms. The van der Waals surface area contributed by atoms with Crippen LogP contribution in [0.5, 0.6) is 0 Å². The van der Waals surface area contributed by atoms with Gasteiger partial charge in [-0.05, 0) is 6.42 Å². The van der Waals surface area contributed by atoms with Gasteiger partial charge in [0, 0.05) is 19.2 Å². The van der Waals surface area contributed by atoms with Gasteiger partial charge in [-0.2, -0.15) is 0 Å². The Hall–Kier alpha value is -1.09. The molecule has 1 fully saturated rings. The molecular weight excluding hydrogens is 190 g/mol. The first-order valence-corrected chi connectivity index (χ1v) is 5.54. The number of allylic oxidation sites excluding steroid dienone is 3. The van der Waals surface area contributed by atoms with Gasteiger partial charge in [0.2, 0.25) is 5.91 Å². The molecule has 3 nitrogen and oxygen atoms in total. The molecule has 0 aliphatic carbocycles. The van der Waals surface area contributed by atoms with Crippen LogP contribution in [0.3, 0.4) is 0 Å². The maximum absolute atomic E-state index is 11.6. The second kappa shape index (κ2) is 7.23. The van der Waals surface area contributed by atoms with Crippen LogP contribution in [0.25, 0.3) is 0 Å². The van der Waals surface area contributed by atoms with Crippen LogP contribution in [0, 0.1) is 0 Å². The number of hydrogen-bond acceptors (Lipinski definition) is 2. The number of amides is 1. The third-order valence-corrected chi connectivity index (χ3v) is 2.26. The molecule has 1 heterocycles. The van der Waals surface area contributed by atoms with Gasteiger partial charge in [-0.25, -0.2) is 0 Å². The lowest BCUT2D eigenvalue weighted by Crippen LogP contribution is -2.39. The highest BCUT2D eigenvalue weighted by Crippen LogP contribution is 1.98. The topological polar surface area (TPSA) is 29.5 Å². The maximum Gasteiger partial charge on any atom is 0.246 e. The SMILES string of the molecule is CCC/C=C/C=C/C(=O)N1CCOCC1. The zero-order valence-corrected chi connectivity index (χ0v) is 9.32. The van der Waals surface area contributed by atoms with Crippen LogP contribution in [0.1, 0.15) is 19.8 Å². The summed E-state index contributed by atoms with van der Waals surface area (Å²) in [6, 6.07) is 0. The number of morpholine rings is 1. The molecule has 0 aromatic heterocycles. The molecule has 0 bridgehead atoms. The van der Waals surface area contributed by atoms with Gasteiger partial charge < -0.3 is 9.64 Å². The molecular formula is C12H19NO2. The fourth-order valence-corrected chi connectivity index (χ4v) is 1.37. The number of hydrogen-bond donors (Lipinski definition) is 0. The number of unbranched alkanes of at least 4 members (excludes halogenated alkanes) is 1. The van der Waals surface area contributed by atoms with Crippen LogP contribution in [0.4, 0.5) is 0 Å². The summed E-state index contributed by atoms with van der Waals surface area (Å²) < 4.78 is 5.18. The Labute approximate surface area is 91.4 Å². The minimum atomic E-state index is 0.0828. The Bertz CT molecular complexity index is 240. The summed E-state index contributed by atoms with van der Waals surface area (Å²) in [5.41, 5.74) is 0. The van der Waals surface area contributed by atoms with E-state index in [-0.39, 0.29) is 5.91 Å². The summed E-state index contributed by atoms with van der Waals surface area (Å²) in [6.45, 7) is 4.87. The second-order valence-electron chi connectivity index (χ2n) is 3.51. The molecule has 1 aliphatic rings. The van der Waals surface area contributed by atoms with Crippen molar-refractivity contribution in [2.45, 2.75) is 19.8 Å². The van der Waals surface area contributed by atoms with E-state index in [1.165, 1.54) is 0 Å². The van der Waals surface area contributed by atoms with Crippen molar-refractivity contribution < 1.29 is 9.53 Å². The Morgan fingerprint density at radius 2 is 2.07 bits per heavy atom. The Morgan fingerprint density at radius 3 is 2.73 bits per heavy atom. The van der Waals surface area contributed by atoms with Crippen molar-refractivity contribution in [1.29, 1.82) is 0 Å². The predicted molar refractivity (Wildman–Crippen MR) is 60.6 cm³/mol.